The standard InChI is InChI=1S/C26H26N4O4/c1-2-34-21-14-12-19(13-15-21)16-27-24(31)17-29-22-10-6-7-11-23(22)30(18-25(29)32)26(33)28-20-8-4-3-5-9-20/h3-15H,2,16-18H2,1H3,(H,27,31)(H,28,33). The molecule has 0 saturated heterocycles. The normalized spacial score (nSPS) is 12.7. The Morgan fingerprint density at radius 3 is 2.29 bits per heavy atom. The molecule has 0 radical (unpaired) electrons. The van der Waals surface area contributed by atoms with E-state index in [1.807, 2.05) is 49.4 Å². The number of benzene rings is 3. The van der Waals surface area contributed by atoms with E-state index in [2.05, 4.69) is 10.6 Å². The van der Waals surface area contributed by atoms with Crippen molar-refractivity contribution in [1.82, 2.24) is 5.32 Å². The minimum Gasteiger partial charge on any atom is -0.494 e. The first-order valence-electron chi connectivity index (χ1n) is 11.1. The highest BCUT2D eigenvalue weighted by molar-refractivity contribution is 6.14. The number of amides is 4. The Kier molecular flexibility index (Phi) is 7.07. The van der Waals surface area contributed by atoms with Crippen molar-refractivity contribution in [2.75, 3.05) is 34.8 Å². The number of para-hydroxylation sites is 3. The van der Waals surface area contributed by atoms with E-state index in [1.165, 1.54) is 9.80 Å². The Labute approximate surface area is 198 Å². The Balaban J connectivity index is 1.42. The number of nitrogens with zero attached hydrogens (tertiary/aromatic N) is 2. The van der Waals surface area contributed by atoms with Crippen molar-refractivity contribution in [3.8, 4) is 5.75 Å². The van der Waals surface area contributed by atoms with E-state index in [1.54, 1.807) is 36.4 Å². The topological polar surface area (TPSA) is 91.0 Å². The maximum absolute atomic E-state index is 12.9. The average molecular weight is 459 g/mol. The Hall–Kier alpha value is -4.33. The molecule has 0 unspecified atom stereocenters. The number of carbonyl (C=O) groups is 3. The Morgan fingerprint density at radius 2 is 1.59 bits per heavy atom. The summed E-state index contributed by atoms with van der Waals surface area (Å²) in [7, 11) is 0. The summed E-state index contributed by atoms with van der Waals surface area (Å²) in [5.74, 6) is 0.145. The number of nitrogens with one attached hydrogen (secondary N) is 2. The molecule has 0 aliphatic carbocycles. The van der Waals surface area contributed by atoms with Crippen LogP contribution in [-0.4, -0.2) is 37.5 Å². The van der Waals surface area contributed by atoms with Crippen LogP contribution in [0.5, 0.6) is 5.75 Å². The van der Waals surface area contributed by atoms with E-state index >= 15 is 0 Å². The zero-order valence-electron chi connectivity index (χ0n) is 18.9. The van der Waals surface area contributed by atoms with Crippen LogP contribution in [0.2, 0.25) is 0 Å². The lowest BCUT2D eigenvalue weighted by Gasteiger charge is -2.35. The molecule has 1 aliphatic rings. The van der Waals surface area contributed by atoms with Crippen molar-refractivity contribution in [2.45, 2.75) is 13.5 Å². The molecule has 8 nitrogen and oxygen atoms in total. The van der Waals surface area contributed by atoms with Gasteiger partial charge in [0.1, 0.15) is 18.8 Å². The predicted molar refractivity (Wildman–Crippen MR) is 131 cm³/mol. The first kappa shape index (κ1) is 22.8. The fourth-order valence-corrected chi connectivity index (χ4v) is 3.70. The summed E-state index contributed by atoms with van der Waals surface area (Å²) in [4.78, 5) is 41.3. The molecule has 0 bridgehead atoms. The molecule has 2 N–H and O–H groups in total. The van der Waals surface area contributed by atoms with E-state index in [4.69, 9.17) is 4.74 Å². The summed E-state index contributed by atoms with van der Waals surface area (Å²) in [6, 6.07) is 23.2. The van der Waals surface area contributed by atoms with Crippen LogP contribution >= 0.6 is 0 Å². The second-order valence-corrected chi connectivity index (χ2v) is 7.70. The lowest BCUT2D eigenvalue weighted by Crippen LogP contribution is -2.51. The molecule has 3 aromatic rings. The van der Waals surface area contributed by atoms with Crippen molar-refractivity contribution in [3.63, 3.8) is 0 Å². The smallest absolute Gasteiger partial charge is 0.326 e. The highest BCUT2D eigenvalue weighted by Gasteiger charge is 2.33. The van der Waals surface area contributed by atoms with Crippen LogP contribution in [0, 0.1) is 0 Å². The zero-order valence-corrected chi connectivity index (χ0v) is 18.9. The number of fused-ring (bicyclic) bond motifs is 1. The van der Waals surface area contributed by atoms with Crippen LogP contribution in [0.4, 0.5) is 21.9 Å². The van der Waals surface area contributed by atoms with Gasteiger partial charge in [0.05, 0.1) is 18.0 Å². The molecule has 0 atom stereocenters. The van der Waals surface area contributed by atoms with Gasteiger partial charge in [0, 0.05) is 12.2 Å². The molecule has 4 rings (SSSR count). The fraction of sp³-hybridized carbons (Fsp3) is 0.192. The molecule has 0 aromatic heterocycles. The van der Waals surface area contributed by atoms with Crippen LogP contribution in [0.15, 0.2) is 78.9 Å². The predicted octanol–water partition coefficient (Wildman–Crippen LogP) is 3.79. The van der Waals surface area contributed by atoms with Gasteiger partial charge in [-0.3, -0.25) is 19.4 Å². The van der Waals surface area contributed by atoms with Gasteiger partial charge in [-0.2, -0.15) is 0 Å². The number of rotatable bonds is 7. The van der Waals surface area contributed by atoms with Gasteiger partial charge in [0.2, 0.25) is 11.8 Å². The lowest BCUT2D eigenvalue weighted by atomic mass is 10.1. The van der Waals surface area contributed by atoms with Gasteiger partial charge in [-0.25, -0.2) is 4.79 Å². The van der Waals surface area contributed by atoms with E-state index in [0.29, 0.717) is 30.2 Å². The van der Waals surface area contributed by atoms with Crippen LogP contribution < -0.4 is 25.2 Å². The highest BCUT2D eigenvalue weighted by atomic mass is 16.5. The molecule has 1 aliphatic heterocycles. The van der Waals surface area contributed by atoms with Crippen molar-refractivity contribution in [2.24, 2.45) is 0 Å². The zero-order chi connectivity index (χ0) is 23.9. The number of carbonyl (C=O) groups excluding carboxylic acids is 3. The third-order valence-corrected chi connectivity index (χ3v) is 5.35. The van der Waals surface area contributed by atoms with Gasteiger partial charge >= 0.3 is 6.03 Å². The highest BCUT2D eigenvalue weighted by Crippen LogP contribution is 2.33. The second kappa shape index (κ2) is 10.5. The molecule has 8 heteroatoms. The largest absolute Gasteiger partial charge is 0.494 e. The van der Waals surface area contributed by atoms with Gasteiger partial charge in [-0.05, 0) is 48.9 Å². The van der Waals surface area contributed by atoms with Crippen molar-refractivity contribution in [3.05, 3.63) is 84.4 Å². The van der Waals surface area contributed by atoms with Gasteiger partial charge < -0.3 is 15.4 Å². The summed E-state index contributed by atoms with van der Waals surface area (Å²) in [5.41, 5.74) is 2.63. The first-order valence-corrected chi connectivity index (χ1v) is 11.1. The number of hydrogen-bond donors (Lipinski definition) is 2. The van der Waals surface area contributed by atoms with Gasteiger partial charge in [0.15, 0.2) is 0 Å². The summed E-state index contributed by atoms with van der Waals surface area (Å²) >= 11 is 0. The molecule has 4 amide bonds. The monoisotopic (exact) mass is 458 g/mol. The molecule has 0 saturated carbocycles. The van der Waals surface area contributed by atoms with E-state index < -0.39 is 6.03 Å². The molecule has 174 valence electrons. The SMILES string of the molecule is CCOc1ccc(CNC(=O)CN2C(=O)CN(C(=O)Nc3ccccc3)c3ccccc32)cc1. The van der Waals surface area contributed by atoms with E-state index in [-0.39, 0.29) is 24.9 Å². The second-order valence-electron chi connectivity index (χ2n) is 7.70. The average Bonchev–Trinajstić information content (AvgIpc) is 2.86. The Morgan fingerprint density at radius 1 is 0.912 bits per heavy atom. The maximum atomic E-state index is 12.9. The van der Waals surface area contributed by atoms with Crippen LogP contribution in [0.3, 0.4) is 0 Å². The molecule has 1 heterocycles. The number of anilines is 3. The van der Waals surface area contributed by atoms with Crippen LogP contribution in [0.25, 0.3) is 0 Å². The van der Waals surface area contributed by atoms with E-state index in [9.17, 15) is 14.4 Å². The quantitative estimate of drug-likeness (QED) is 0.564. The summed E-state index contributed by atoms with van der Waals surface area (Å²) < 4.78 is 5.43. The molecule has 0 fully saturated rings. The van der Waals surface area contributed by atoms with Crippen molar-refractivity contribution < 1.29 is 19.1 Å². The molecular formula is C26H26N4O4. The third kappa shape index (κ3) is 5.35. The minimum atomic E-state index is -0.411. The molecule has 3 aromatic carbocycles. The lowest BCUT2D eigenvalue weighted by molar-refractivity contribution is -0.123. The van der Waals surface area contributed by atoms with Gasteiger partial charge in [-0.15, -0.1) is 0 Å². The van der Waals surface area contributed by atoms with Crippen molar-refractivity contribution in [1.29, 1.82) is 0 Å². The number of hydrogen-bond acceptors (Lipinski definition) is 4. The van der Waals surface area contributed by atoms with Crippen molar-refractivity contribution >= 4 is 34.9 Å². The maximum Gasteiger partial charge on any atom is 0.326 e. The third-order valence-electron chi connectivity index (χ3n) is 5.35. The molecule has 34 heavy (non-hydrogen) atoms. The minimum absolute atomic E-state index is 0.138. The van der Waals surface area contributed by atoms with E-state index in [0.717, 1.165) is 11.3 Å². The summed E-state index contributed by atoms with van der Waals surface area (Å²) in [5, 5.41) is 5.66. The number of ether oxygens (including phenoxy) is 1. The Bertz CT molecular complexity index is 1160. The number of urea groups is 1. The van der Waals surface area contributed by atoms with Crippen LogP contribution in [0.1, 0.15) is 12.5 Å². The molecular weight excluding hydrogens is 432 g/mol. The van der Waals surface area contributed by atoms with Gasteiger partial charge in [0.25, 0.3) is 0 Å². The fourth-order valence-electron chi connectivity index (χ4n) is 3.70. The first-order chi connectivity index (χ1) is 16.5. The molecule has 0 spiro atoms. The summed E-state index contributed by atoms with van der Waals surface area (Å²) in [6.07, 6.45) is 0. The van der Waals surface area contributed by atoms with Crippen LogP contribution in [-0.2, 0) is 16.1 Å². The van der Waals surface area contributed by atoms with Gasteiger partial charge in [-0.1, -0.05) is 42.5 Å². The summed E-state index contributed by atoms with van der Waals surface area (Å²) in [6.45, 7) is 2.54.